The first-order valence-corrected chi connectivity index (χ1v) is 11.6. The molecule has 0 saturated carbocycles. The first-order valence-electron chi connectivity index (χ1n) is 9.55. The lowest BCUT2D eigenvalue weighted by atomic mass is 10.1. The Hall–Kier alpha value is -2.32. The fourth-order valence-corrected chi connectivity index (χ4v) is 4.03. The Morgan fingerprint density at radius 2 is 2.25 bits per heavy atom. The van der Waals surface area contributed by atoms with Crippen LogP contribution in [0.1, 0.15) is 25.1 Å². The molecule has 2 aromatic rings. The van der Waals surface area contributed by atoms with E-state index in [1.165, 1.54) is 0 Å². The molecule has 0 unspecified atom stereocenters. The van der Waals surface area contributed by atoms with Crippen LogP contribution in [0.5, 0.6) is 0 Å². The van der Waals surface area contributed by atoms with E-state index in [0.29, 0.717) is 30.6 Å². The van der Waals surface area contributed by atoms with Crippen molar-refractivity contribution in [2.24, 2.45) is 4.36 Å². The number of morpholine rings is 1. The lowest BCUT2D eigenvalue weighted by Gasteiger charge is -2.34. The third-order valence-corrected chi connectivity index (χ3v) is 6.74. The number of rotatable bonds is 4. The van der Waals surface area contributed by atoms with Crippen LogP contribution < -0.4 is 4.90 Å². The van der Waals surface area contributed by atoms with Gasteiger partial charge >= 0.3 is 0 Å². The third kappa shape index (κ3) is 3.79. The minimum Gasteiger partial charge on any atom is -0.377 e. The average Bonchev–Trinajstić information content (AvgIpc) is 3.16. The molecule has 0 N–H and O–H groups in total. The molecule has 0 radical (unpaired) electrons. The summed E-state index contributed by atoms with van der Waals surface area (Å²) in [4.78, 5) is 16.2. The lowest BCUT2D eigenvalue weighted by molar-refractivity contribution is 0.0985. The van der Waals surface area contributed by atoms with Gasteiger partial charge in [0.25, 0.3) is 0 Å². The summed E-state index contributed by atoms with van der Waals surface area (Å²) >= 11 is 0. The average molecular weight is 400 g/mol. The molecule has 1 aliphatic heterocycles. The molecule has 1 fully saturated rings. The second kappa shape index (κ2) is 7.60. The fraction of sp³-hybridized carbons (Fsp3) is 0.450. The van der Waals surface area contributed by atoms with Crippen LogP contribution in [0, 0.1) is 0 Å². The highest BCUT2D eigenvalue weighted by Gasteiger charge is 2.23. The first kappa shape index (κ1) is 19.0. The van der Waals surface area contributed by atoms with E-state index >= 15 is 0 Å². The minimum atomic E-state index is -2.33. The second-order valence-corrected chi connectivity index (χ2v) is 9.87. The lowest BCUT2D eigenvalue weighted by Crippen LogP contribution is -2.44. The summed E-state index contributed by atoms with van der Waals surface area (Å²) in [6, 6.07) is 3.97. The largest absolute Gasteiger partial charge is 0.377 e. The Morgan fingerprint density at radius 3 is 3.04 bits per heavy atom. The number of pyridine rings is 1. The fourth-order valence-electron chi connectivity index (χ4n) is 3.41. The molecule has 2 aliphatic rings. The summed E-state index contributed by atoms with van der Waals surface area (Å²) in [5.74, 6) is 2.31. The zero-order chi connectivity index (χ0) is 19.7. The van der Waals surface area contributed by atoms with Gasteiger partial charge in [0, 0.05) is 48.4 Å². The van der Waals surface area contributed by atoms with E-state index in [4.69, 9.17) is 9.72 Å². The van der Waals surface area contributed by atoms with E-state index in [1.54, 1.807) is 12.5 Å². The van der Waals surface area contributed by atoms with Crippen molar-refractivity contribution in [3.63, 3.8) is 0 Å². The predicted molar refractivity (Wildman–Crippen MR) is 112 cm³/mol. The van der Waals surface area contributed by atoms with E-state index in [1.807, 2.05) is 19.1 Å². The van der Waals surface area contributed by atoms with Crippen molar-refractivity contribution in [1.82, 2.24) is 15.0 Å². The van der Waals surface area contributed by atoms with Gasteiger partial charge in [-0.05, 0) is 13.0 Å². The second-order valence-electron chi connectivity index (χ2n) is 7.19. The van der Waals surface area contributed by atoms with Gasteiger partial charge in [-0.25, -0.2) is 14.2 Å². The molecule has 2 aromatic heterocycles. The summed E-state index contributed by atoms with van der Waals surface area (Å²) in [5, 5.41) is 0. The van der Waals surface area contributed by atoms with Gasteiger partial charge in [-0.15, -0.1) is 0 Å². The van der Waals surface area contributed by atoms with Crippen LogP contribution in [0.2, 0.25) is 0 Å². The summed E-state index contributed by atoms with van der Waals surface area (Å²) < 4.78 is 22.6. The quantitative estimate of drug-likeness (QED) is 0.786. The zero-order valence-electron chi connectivity index (χ0n) is 16.5. The topological polar surface area (TPSA) is 80.6 Å². The van der Waals surface area contributed by atoms with Crippen LogP contribution in [-0.4, -0.2) is 57.0 Å². The number of anilines is 1. The van der Waals surface area contributed by atoms with Gasteiger partial charge in [0.15, 0.2) is 11.6 Å². The van der Waals surface area contributed by atoms with Crippen LogP contribution in [0.4, 0.5) is 11.6 Å². The molecule has 7 nitrogen and oxygen atoms in total. The Morgan fingerprint density at radius 1 is 1.39 bits per heavy atom. The van der Waals surface area contributed by atoms with E-state index in [2.05, 4.69) is 38.3 Å². The smallest absolute Gasteiger partial charge is 0.167 e. The van der Waals surface area contributed by atoms with Crippen molar-refractivity contribution in [2.75, 3.05) is 36.7 Å². The van der Waals surface area contributed by atoms with Crippen molar-refractivity contribution in [2.45, 2.75) is 26.3 Å². The molecule has 3 heterocycles. The minimum absolute atomic E-state index is 0.199. The Balaban J connectivity index is 1.88. The number of hydrogen-bond donors (Lipinski definition) is 0. The Kier molecular flexibility index (Phi) is 5.16. The van der Waals surface area contributed by atoms with Gasteiger partial charge in [-0.2, -0.15) is 4.36 Å². The van der Waals surface area contributed by atoms with Crippen LogP contribution >= 0.6 is 0 Å². The third-order valence-electron chi connectivity index (χ3n) is 5.09. The zero-order valence-corrected chi connectivity index (χ0v) is 17.3. The predicted octanol–water partition coefficient (Wildman–Crippen LogP) is 3.08. The molecule has 28 heavy (non-hydrogen) atoms. The number of fused-ring (bicyclic) bond motifs is 1. The molecule has 0 bridgehead atoms. The van der Waals surface area contributed by atoms with Gasteiger partial charge in [-0.1, -0.05) is 19.1 Å². The van der Waals surface area contributed by atoms with Crippen molar-refractivity contribution >= 4 is 27.4 Å². The van der Waals surface area contributed by atoms with Crippen molar-refractivity contribution in [1.29, 1.82) is 0 Å². The summed E-state index contributed by atoms with van der Waals surface area (Å²) in [7, 11) is -2.33. The molecule has 4 rings (SSSR count). The molecule has 8 heteroatoms. The number of hydrogen-bond acceptors (Lipinski definition) is 7. The van der Waals surface area contributed by atoms with E-state index < -0.39 is 9.73 Å². The Bertz CT molecular complexity index is 1040. The summed E-state index contributed by atoms with van der Waals surface area (Å²) in [5.41, 5.74) is 3.00. The van der Waals surface area contributed by atoms with E-state index in [0.717, 1.165) is 35.6 Å². The van der Waals surface area contributed by atoms with Gasteiger partial charge < -0.3 is 9.64 Å². The van der Waals surface area contributed by atoms with Gasteiger partial charge in [0.05, 0.1) is 34.7 Å². The maximum absolute atomic E-state index is 12.6. The molecular weight excluding hydrogens is 374 g/mol. The maximum Gasteiger partial charge on any atom is 0.167 e. The highest BCUT2D eigenvalue weighted by molar-refractivity contribution is 7.93. The van der Waals surface area contributed by atoms with Crippen LogP contribution in [-0.2, 0) is 20.9 Å². The van der Waals surface area contributed by atoms with Crippen molar-refractivity contribution in [3.8, 4) is 11.4 Å². The number of ether oxygens (including phenoxy) is 1. The standard InChI is InChI=1S/C20H25N5O2S/c1-4-28(3,26)24-18-12-19(25-10-11-27-13-14(25)2)23-20(22-18)16-8-9-21-17-7-5-6-15(16)17/h5-6,8-9,12,14H,4,7,10-11,13H2,1-3H3/t14-,28-/m1/s1. The van der Waals surface area contributed by atoms with E-state index in [9.17, 15) is 4.21 Å². The van der Waals surface area contributed by atoms with Gasteiger partial charge in [0.1, 0.15) is 5.82 Å². The highest BCUT2D eigenvalue weighted by atomic mass is 32.2. The number of aromatic nitrogens is 3. The number of allylic oxidation sites excluding steroid dienone is 1. The van der Waals surface area contributed by atoms with Crippen LogP contribution in [0.3, 0.4) is 0 Å². The van der Waals surface area contributed by atoms with Gasteiger partial charge in [0.2, 0.25) is 0 Å². The molecule has 0 aromatic carbocycles. The monoisotopic (exact) mass is 399 g/mol. The SMILES string of the molecule is CC[S@@](C)(=O)=Nc1cc(N2CCOC[C@H]2C)nc(-c2ccnc3c2C=CC3)n1. The summed E-state index contributed by atoms with van der Waals surface area (Å²) in [6.45, 7) is 6.04. The normalized spacial score (nSPS) is 20.7. The molecule has 2 atom stereocenters. The molecule has 0 amide bonds. The molecule has 1 aliphatic carbocycles. The first-order chi connectivity index (χ1) is 13.5. The van der Waals surface area contributed by atoms with Crippen LogP contribution in [0.25, 0.3) is 17.5 Å². The molecular formula is C20H25N5O2S. The Labute approximate surface area is 166 Å². The molecule has 148 valence electrons. The summed E-state index contributed by atoms with van der Waals surface area (Å²) in [6.07, 6.45) is 8.44. The van der Waals surface area contributed by atoms with Crippen LogP contribution in [0.15, 0.2) is 28.8 Å². The maximum atomic E-state index is 12.6. The van der Waals surface area contributed by atoms with Crippen molar-refractivity contribution < 1.29 is 8.95 Å². The van der Waals surface area contributed by atoms with Crippen molar-refractivity contribution in [3.05, 3.63) is 35.7 Å². The van der Waals surface area contributed by atoms with Gasteiger partial charge in [-0.3, -0.25) is 4.98 Å². The molecule has 0 spiro atoms. The highest BCUT2D eigenvalue weighted by Crippen LogP contribution is 2.31. The van der Waals surface area contributed by atoms with E-state index in [-0.39, 0.29) is 6.04 Å². The number of nitrogens with zero attached hydrogens (tertiary/aromatic N) is 5. The molecule has 1 saturated heterocycles.